The van der Waals surface area contributed by atoms with Crippen molar-refractivity contribution in [3.63, 3.8) is 0 Å². The average molecular weight is 291 g/mol. The van der Waals surface area contributed by atoms with E-state index in [4.69, 9.17) is 0 Å². The fraction of sp³-hybridized carbons (Fsp3) is 0. The molecule has 1 aromatic heterocycles. The lowest BCUT2D eigenvalue weighted by atomic mass is 10.6. The van der Waals surface area contributed by atoms with Gasteiger partial charge in [0.25, 0.3) is 0 Å². The minimum absolute atomic E-state index is 0.548. The minimum atomic E-state index is -0.872. The summed E-state index contributed by atoms with van der Waals surface area (Å²) in [5.41, 5.74) is 0. The molecule has 0 amide bonds. The quantitative estimate of drug-likeness (QED) is 0.532. The van der Waals surface area contributed by atoms with Crippen LogP contribution in [0.3, 0.4) is 0 Å². The second-order valence-corrected chi connectivity index (χ2v) is 3.06. The van der Waals surface area contributed by atoms with Gasteiger partial charge in [-0.25, -0.2) is 14.4 Å². The molecule has 108 valence electrons. The second-order valence-electron chi connectivity index (χ2n) is 3.06. The van der Waals surface area contributed by atoms with E-state index in [0.717, 1.165) is 18.2 Å². The molecule has 0 aliphatic rings. The van der Waals surface area contributed by atoms with E-state index in [1.54, 1.807) is 0 Å². The van der Waals surface area contributed by atoms with E-state index in [1.807, 2.05) is 0 Å². The fourth-order valence-electron chi connectivity index (χ4n) is 0.852. The molecule has 1 rings (SSSR count). The van der Waals surface area contributed by atoms with Crippen LogP contribution < -0.4 is 14.2 Å². The summed E-state index contributed by atoms with van der Waals surface area (Å²) in [6, 6.07) is -1.64. The van der Waals surface area contributed by atoms with Crippen LogP contribution in [0, 0.1) is 0 Å². The van der Waals surface area contributed by atoms with Crippen molar-refractivity contribution in [1.82, 2.24) is 15.0 Å². The standard InChI is InChI=1S/C12H9N3O6/c1-4-7(16)19-10-13-11(20-8(17)5-2)15-12(14-10)21-9(18)6-3/h4-6H,1-3H2. The lowest BCUT2D eigenvalue weighted by molar-refractivity contribution is -0.129. The maximum atomic E-state index is 11.1. The maximum Gasteiger partial charge on any atom is 0.337 e. The first-order valence-electron chi connectivity index (χ1n) is 5.27. The highest BCUT2D eigenvalue weighted by molar-refractivity contribution is 5.84. The predicted molar refractivity (Wildman–Crippen MR) is 67.3 cm³/mol. The molecule has 9 heteroatoms. The van der Waals surface area contributed by atoms with Crippen molar-refractivity contribution in [2.75, 3.05) is 0 Å². The molecule has 0 radical (unpaired) electrons. The normalized spacial score (nSPS) is 9.14. The summed E-state index contributed by atoms with van der Waals surface area (Å²) < 4.78 is 13.9. The largest absolute Gasteiger partial charge is 0.387 e. The van der Waals surface area contributed by atoms with Crippen LogP contribution in [0.2, 0.25) is 0 Å². The molecule has 9 nitrogen and oxygen atoms in total. The van der Waals surface area contributed by atoms with Gasteiger partial charge in [-0.1, -0.05) is 19.7 Å². The number of hydrogen-bond acceptors (Lipinski definition) is 9. The monoisotopic (exact) mass is 291 g/mol. The lowest BCUT2D eigenvalue weighted by Crippen LogP contribution is -2.13. The van der Waals surface area contributed by atoms with Gasteiger partial charge in [0.15, 0.2) is 0 Å². The van der Waals surface area contributed by atoms with E-state index in [2.05, 4.69) is 48.9 Å². The fourth-order valence-corrected chi connectivity index (χ4v) is 0.852. The molecule has 0 aliphatic carbocycles. The number of esters is 3. The Morgan fingerprint density at radius 1 is 0.667 bits per heavy atom. The summed E-state index contributed by atoms with van der Waals surface area (Å²) in [5, 5.41) is 0. The zero-order chi connectivity index (χ0) is 15.8. The molecule has 0 bridgehead atoms. The highest BCUT2D eigenvalue weighted by Gasteiger charge is 2.15. The van der Waals surface area contributed by atoms with Gasteiger partial charge < -0.3 is 14.2 Å². The Hall–Kier alpha value is -3.36. The van der Waals surface area contributed by atoms with E-state index < -0.39 is 35.9 Å². The van der Waals surface area contributed by atoms with E-state index in [-0.39, 0.29) is 0 Å². The highest BCUT2D eigenvalue weighted by Crippen LogP contribution is 2.15. The smallest absolute Gasteiger partial charge is 0.337 e. The Bertz CT molecular complexity index is 527. The summed E-state index contributed by atoms with van der Waals surface area (Å²) in [4.78, 5) is 43.8. The van der Waals surface area contributed by atoms with Crippen LogP contribution in [0.1, 0.15) is 0 Å². The molecule has 0 spiro atoms. The second kappa shape index (κ2) is 7.28. The molecule has 0 unspecified atom stereocenters. The summed E-state index contributed by atoms with van der Waals surface area (Å²) >= 11 is 0. The van der Waals surface area contributed by atoms with Crippen molar-refractivity contribution in [3.05, 3.63) is 38.0 Å². The van der Waals surface area contributed by atoms with Gasteiger partial charge in [-0.15, -0.1) is 15.0 Å². The van der Waals surface area contributed by atoms with E-state index in [9.17, 15) is 14.4 Å². The van der Waals surface area contributed by atoms with Gasteiger partial charge in [0, 0.05) is 18.2 Å². The molecule has 21 heavy (non-hydrogen) atoms. The molecular weight excluding hydrogens is 282 g/mol. The van der Waals surface area contributed by atoms with Crippen molar-refractivity contribution in [3.8, 4) is 18.0 Å². The topological polar surface area (TPSA) is 118 Å². The molecule has 0 saturated carbocycles. The van der Waals surface area contributed by atoms with Crippen LogP contribution in [0.5, 0.6) is 18.0 Å². The molecule has 1 heterocycles. The summed E-state index contributed by atoms with van der Waals surface area (Å²) in [6.45, 7) is 9.55. The Balaban J connectivity index is 3.11. The van der Waals surface area contributed by atoms with Gasteiger partial charge in [-0.3, -0.25) is 0 Å². The van der Waals surface area contributed by atoms with Crippen molar-refractivity contribution in [2.24, 2.45) is 0 Å². The third-order valence-electron chi connectivity index (χ3n) is 1.65. The first-order valence-corrected chi connectivity index (χ1v) is 5.27. The van der Waals surface area contributed by atoms with Crippen LogP contribution in [-0.2, 0) is 14.4 Å². The maximum absolute atomic E-state index is 11.1. The van der Waals surface area contributed by atoms with Gasteiger partial charge in [0.05, 0.1) is 0 Å². The van der Waals surface area contributed by atoms with Crippen molar-refractivity contribution in [1.29, 1.82) is 0 Å². The van der Waals surface area contributed by atoms with Gasteiger partial charge in [-0.2, -0.15) is 0 Å². The van der Waals surface area contributed by atoms with E-state index in [1.165, 1.54) is 0 Å². The van der Waals surface area contributed by atoms with Gasteiger partial charge in [0.2, 0.25) is 0 Å². The van der Waals surface area contributed by atoms with Gasteiger partial charge in [-0.05, 0) is 0 Å². The van der Waals surface area contributed by atoms with Crippen molar-refractivity contribution < 1.29 is 28.6 Å². The summed E-state index contributed by atoms with van der Waals surface area (Å²) in [5.74, 6) is -2.62. The number of hydrogen-bond donors (Lipinski definition) is 0. The Morgan fingerprint density at radius 3 is 1.10 bits per heavy atom. The minimum Gasteiger partial charge on any atom is -0.387 e. The number of aromatic nitrogens is 3. The molecule has 0 N–H and O–H groups in total. The van der Waals surface area contributed by atoms with Crippen molar-refractivity contribution in [2.45, 2.75) is 0 Å². The lowest BCUT2D eigenvalue weighted by Gasteiger charge is -2.05. The number of nitrogens with zero attached hydrogens (tertiary/aromatic N) is 3. The number of carbonyl (C=O) groups excluding carboxylic acids is 3. The highest BCUT2D eigenvalue weighted by atomic mass is 16.6. The Morgan fingerprint density at radius 2 is 0.905 bits per heavy atom. The van der Waals surface area contributed by atoms with Gasteiger partial charge >= 0.3 is 35.9 Å². The predicted octanol–water partition coefficient (Wildman–Crippen LogP) is 0.146. The van der Waals surface area contributed by atoms with Crippen LogP contribution in [-0.4, -0.2) is 32.9 Å². The van der Waals surface area contributed by atoms with Gasteiger partial charge in [0.1, 0.15) is 0 Å². The first-order chi connectivity index (χ1) is 9.98. The van der Waals surface area contributed by atoms with Crippen LogP contribution in [0.25, 0.3) is 0 Å². The van der Waals surface area contributed by atoms with Crippen molar-refractivity contribution >= 4 is 17.9 Å². The zero-order valence-electron chi connectivity index (χ0n) is 10.6. The number of carbonyl (C=O) groups is 3. The Labute approximate surface area is 118 Å². The zero-order valence-corrected chi connectivity index (χ0v) is 10.6. The number of ether oxygens (including phenoxy) is 3. The summed E-state index contributed by atoms with van der Waals surface area (Å²) in [6.07, 6.45) is 2.57. The van der Waals surface area contributed by atoms with Crippen LogP contribution >= 0.6 is 0 Å². The van der Waals surface area contributed by atoms with Crippen LogP contribution in [0.4, 0.5) is 0 Å². The molecular formula is C12H9N3O6. The van der Waals surface area contributed by atoms with E-state index >= 15 is 0 Å². The summed E-state index contributed by atoms with van der Waals surface area (Å²) in [7, 11) is 0. The molecule has 0 atom stereocenters. The Kier molecular flexibility index (Phi) is 5.44. The van der Waals surface area contributed by atoms with E-state index in [0.29, 0.717) is 0 Å². The molecule has 0 aromatic carbocycles. The third kappa shape index (κ3) is 5.03. The molecule has 0 saturated heterocycles. The molecule has 0 fully saturated rings. The number of rotatable bonds is 6. The molecule has 0 aliphatic heterocycles. The SMILES string of the molecule is C=CC(=O)Oc1nc(OC(=O)C=C)nc(OC(=O)C=C)n1. The average Bonchev–Trinajstić information content (AvgIpc) is 2.46. The first kappa shape index (κ1) is 15.7. The van der Waals surface area contributed by atoms with Crippen LogP contribution in [0.15, 0.2) is 38.0 Å². The molecule has 1 aromatic rings. The third-order valence-corrected chi connectivity index (χ3v) is 1.65.